The van der Waals surface area contributed by atoms with Crippen LogP contribution in [0.2, 0.25) is 0 Å². The topological polar surface area (TPSA) is 75.8 Å². The van der Waals surface area contributed by atoms with Crippen molar-refractivity contribution in [3.8, 4) is 0 Å². The first-order valence-electron chi connectivity index (χ1n) is 6.45. The number of hydrogen-bond acceptors (Lipinski definition) is 6. The molecule has 0 radical (unpaired) electrons. The molecule has 1 N–H and O–H groups in total. The maximum atomic E-state index is 11.7. The molecule has 0 spiro atoms. The van der Waals surface area contributed by atoms with E-state index in [9.17, 15) is 9.90 Å². The summed E-state index contributed by atoms with van der Waals surface area (Å²) in [6.07, 6.45) is 1.32. The lowest BCUT2D eigenvalue weighted by Gasteiger charge is -2.21. The molecule has 2 rings (SSSR count). The number of β-amino-alcohol motifs (C(OH)–C–C–N with tert-alkyl or cyclic N) is 1. The van der Waals surface area contributed by atoms with Gasteiger partial charge in [0, 0.05) is 25.4 Å². The molecule has 19 heavy (non-hydrogen) atoms. The number of methoxy groups -OCH3 is 1. The second kappa shape index (κ2) is 5.71. The molecule has 1 aliphatic heterocycles. The zero-order valence-electron chi connectivity index (χ0n) is 11.5. The molecule has 0 unspecified atom stereocenters. The van der Waals surface area contributed by atoms with Crippen LogP contribution in [0.5, 0.6) is 0 Å². The summed E-state index contributed by atoms with van der Waals surface area (Å²) in [4.78, 5) is 17.8. The van der Waals surface area contributed by atoms with E-state index in [-0.39, 0.29) is 11.9 Å². The molecule has 6 heteroatoms. The maximum absolute atomic E-state index is 11.7. The van der Waals surface area contributed by atoms with Crippen LogP contribution in [-0.4, -0.2) is 46.8 Å². The smallest absolute Gasteiger partial charge is 0.323 e. The lowest BCUT2D eigenvalue weighted by molar-refractivity contribution is -0.146. The zero-order chi connectivity index (χ0) is 14.0. The van der Waals surface area contributed by atoms with Crippen LogP contribution in [0.4, 0.5) is 0 Å². The van der Waals surface area contributed by atoms with Gasteiger partial charge in [-0.15, -0.1) is 0 Å². The second-order valence-electron chi connectivity index (χ2n) is 5.18. The summed E-state index contributed by atoms with van der Waals surface area (Å²) < 4.78 is 10.1. The van der Waals surface area contributed by atoms with Crippen LogP contribution >= 0.6 is 0 Å². The van der Waals surface area contributed by atoms with Gasteiger partial charge in [-0.1, -0.05) is 13.8 Å². The summed E-state index contributed by atoms with van der Waals surface area (Å²) in [7, 11) is 1.36. The van der Waals surface area contributed by atoms with Gasteiger partial charge >= 0.3 is 5.97 Å². The summed E-state index contributed by atoms with van der Waals surface area (Å²) >= 11 is 0. The number of rotatable bonds is 4. The number of esters is 1. The Bertz CT molecular complexity index is 444. The molecule has 0 saturated carbocycles. The number of carbonyl (C=O) groups is 1. The highest BCUT2D eigenvalue weighted by atomic mass is 16.5. The third-order valence-corrected chi connectivity index (χ3v) is 3.40. The highest BCUT2D eigenvalue weighted by Gasteiger charge is 2.37. The first-order valence-corrected chi connectivity index (χ1v) is 6.45. The molecular weight excluding hydrogens is 248 g/mol. The van der Waals surface area contributed by atoms with Gasteiger partial charge in [-0.25, -0.2) is 4.98 Å². The minimum Gasteiger partial charge on any atom is -0.468 e. The van der Waals surface area contributed by atoms with Crippen LogP contribution < -0.4 is 0 Å². The first kappa shape index (κ1) is 14.0. The van der Waals surface area contributed by atoms with Crippen LogP contribution in [0.1, 0.15) is 37.6 Å². The Balaban J connectivity index is 2.12. The molecule has 106 valence electrons. The quantitative estimate of drug-likeness (QED) is 0.818. The van der Waals surface area contributed by atoms with Gasteiger partial charge < -0.3 is 14.3 Å². The number of oxazole rings is 1. The highest BCUT2D eigenvalue weighted by Crippen LogP contribution is 2.25. The Morgan fingerprint density at radius 2 is 2.42 bits per heavy atom. The SMILES string of the molecule is COC(=O)[C@@H]1C[C@H](O)CN1Cc1ncoc1C(C)C. The van der Waals surface area contributed by atoms with Crippen molar-refractivity contribution in [3.63, 3.8) is 0 Å². The molecular formula is C13H20N2O4. The molecule has 0 amide bonds. The molecule has 0 aliphatic carbocycles. The summed E-state index contributed by atoms with van der Waals surface area (Å²) in [5, 5.41) is 9.73. The Morgan fingerprint density at radius 3 is 3.05 bits per heavy atom. The molecule has 1 aromatic rings. The molecule has 1 saturated heterocycles. The lowest BCUT2D eigenvalue weighted by Crippen LogP contribution is -2.36. The van der Waals surface area contributed by atoms with Gasteiger partial charge in [-0.2, -0.15) is 0 Å². The van der Waals surface area contributed by atoms with Crippen LogP contribution in [0, 0.1) is 0 Å². The predicted molar refractivity (Wildman–Crippen MR) is 67.4 cm³/mol. The van der Waals surface area contributed by atoms with Crippen LogP contribution in [0.15, 0.2) is 10.8 Å². The number of aliphatic hydroxyl groups excluding tert-OH is 1. The van der Waals surface area contributed by atoms with Crippen LogP contribution in [-0.2, 0) is 16.1 Å². The van der Waals surface area contributed by atoms with Crippen molar-refractivity contribution in [1.29, 1.82) is 0 Å². The van der Waals surface area contributed by atoms with Crippen LogP contribution in [0.3, 0.4) is 0 Å². The summed E-state index contributed by atoms with van der Waals surface area (Å²) in [5.41, 5.74) is 0.818. The molecule has 1 aliphatic rings. The average molecular weight is 268 g/mol. The van der Waals surface area contributed by atoms with Crippen molar-refractivity contribution in [3.05, 3.63) is 17.8 Å². The minimum absolute atomic E-state index is 0.238. The Morgan fingerprint density at radius 1 is 1.68 bits per heavy atom. The number of carbonyl (C=O) groups excluding carboxylic acids is 1. The van der Waals surface area contributed by atoms with E-state index in [1.807, 2.05) is 18.7 Å². The fourth-order valence-corrected chi connectivity index (χ4v) is 2.49. The zero-order valence-corrected chi connectivity index (χ0v) is 11.5. The predicted octanol–water partition coefficient (Wildman–Crippen LogP) is 0.906. The molecule has 2 heterocycles. The maximum Gasteiger partial charge on any atom is 0.323 e. The van der Waals surface area contributed by atoms with E-state index < -0.39 is 12.1 Å². The lowest BCUT2D eigenvalue weighted by atomic mass is 10.1. The van der Waals surface area contributed by atoms with Crippen molar-refractivity contribution in [2.45, 2.75) is 44.9 Å². The number of aromatic nitrogens is 1. The van der Waals surface area contributed by atoms with Gasteiger partial charge in [0.05, 0.1) is 18.9 Å². The Labute approximate surface area is 112 Å². The molecule has 1 fully saturated rings. The van der Waals surface area contributed by atoms with Gasteiger partial charge in [-0.05, 0) is 0 Å². The number of hydrogen-bond donors (Lipinski definition) is 1. The normalized spacial score (nSPS) is 24.1. The van der Waals surface area contributed by atoms with E-state index in [1.165, 1.54) is 13.5 Å². The monoisotopic (exact) mass is 268 g/mol. The van der Waals surface area contributed by atoms with Gasteiger partial charge in [0.2, 0.25) is 0 Å². The number of aliphatic hydroxyl groups is 1. The molecule has 1 aromatic heterocycles. The molecule has 2 atom stereocenters. The van der Waals surface area contributed by atoms with E-state index in [1.54, 1.807) is 0 Å². The fourth-order valence-electron chi connectivity index (χ4n) is 2.49. The molecule has 0 aromatic carbocycles. The van der Waals surface area contributed by atoms with E-state index in [2.05, 4.69) is 4.98 Å². The largest absolute Gasteiger partial charge is 0.468 e. The van der Waals surface area contributed by atoms with Gasteiger partial charge in [0.1, 0.15) is 11.8 Å². The van der Waals surface area contributed by atoms with Crippen molar-refractivity contribution in [1.82, 2.24) is 9.88 Å². The number of nitrogens with zero attached hydrogens (tertiary/aromatic N) is 2. The molecule has 6 nitrogen and oxygen atoms in total. The van der Waals surface area contributed by atoms with Gasteiger partial charge in [0.25, 0.3) is 0 Å². The highest BCUT2D eigenvalue weighted by molar-refractivity contribution is 5.76. The van der Waals surface area contributed by atoms with Crippen LogP contribution in [0.25, 0.3) is 0 Å². The average Bonchev–Trinajstić information content (AvgIpc) is 2.95. The van der Waals surface area contributed by atoms with Crippen molar-refractivity contribution in [2.24, 2.45) is 0 Å². The van der Waals surface area contributed by atoms with Crippen molar-refractivity contribution < 1.29 is 19.1 Å². The second-order valence-corrected chi connectivity index (χ2v) is 5.18. The minimum atomic E-state index is -0.501. The third kappa shape index (κ3) is 2.96. The Kier molecular flexibility index (Phi) is 4.21. The number of ether oxygens (including phenoxy) is 1. The van der Waals surface area contributed by atoms with E-state index in [0.717, 1.165) is 11.5 Å². The van der Waals surface area contributed by atoms with E-state index in [0.29, 0.717) is 19.5 Å². The Hall–Kier alpha value is -1.40. The summed E-state index contributed by atoms with van der Waals surface area (Å²) in [5.74, 6) is 0.748. The standard InChI is InChI=1S/C13H20N2O4/c1-8(2)12-10(14-7-19-12)6-15-5-9(16)4-11(15)13(17)18-3/h7-9,11,16H,4-6H2,1-3H3/t9-,11-/m0/s1. The number of likely N-dealkylation sites (tertiary alicyclic amines) is 1. The van der Waals surface area contributed by atoms with Crippen molar-refractivity contribution >= 4 is 5.97 Å². The van der Waals surface area contributed by atoms with E-state index in [4.69, 9.17) is 9.15 Å². The van der Waals surface area contributed by atoms with Crippen molar-refractivity contribution in [2.75, 3.05) is 13.7 Å². The fraction of sp³-hybridized carbons (Fsp3) is 0.692. The molecule has 0 bridgehead atoms. The first-order chi connectivity index (χ1) is 9.02. The van der Waals surface area contributed by atoms with Gasteiger partial charge in [-0.3, -0.25) is 9.69 Å². The van der Waals surface area contributed by atoms with E-state index >= 15 is 0 Å². The summed E-state index contributed by atoms with van der Waals surface area (Å²) in [6.45, 7) is 4.99. The summed E-state index contributed by atoms with van der Waals surface area (Å²) in [6, 6.07) is -0.406. The third-order valence-electron chi connectivity index (χ3n) is 3.40. The van der Waals surface area contributed by atoms with Gasteiger partial charge in [0.15, 0.2) is 6.39 Å².